The van der Waals surface area contributed by atoms with Crippen molar-refractivity contribution in [3.05, 3.63) is 17.5 Å². The average Bonchev–Trinajstić information content (AvgIpc) is 3.35. The second-order valence-electron chi connectivity index (χ2n) is 7.36. The summed E-state index contributed by atoms with van der Waals surface area (Å²) in [6.07, 6.45) is 2.29. The fourth-order valence-electron chi connectivity index (χ4n) is 4.01. The van der Waals surface area contributed by atoms with Crippen molar-refractivity contribution in [3.8, 4) is 0 Å². The third-order valence-corrected chi connectivity index (χ3v) is 5.73. The van der Waals surface area contributed by atoms with Gasteiger partial charge in [-0.25, -0.2) is 0 Å². The summed E-state index contributed by atoms with van der Waals surface area (Å²) >= 11 is 0. The summed E-state index contributed by atoms with van der Waals surface area (Å²) in [4.78, 5) is 14.5. The number of aryl methyl sites for hydroxylation is 1. The Balaban J connectivity index is 1.43. The topological polar surface area (TPSA) is 87.8 Å². The van der Waals surface area contributed by atoms with Crippen LogP contribution in [0.2, 0.25) is 0 Å². The first-order chi connectivity index (χ1) is 11.5. The summed E-state index contributed by atoms with van der Waals surface area (Å²) in [5, 5.41) is 24.6. The van der Waals surface area contributed by atoms with Crippen molar-refractivity contribution in [1.29, 1.82) is 0 Å². The molecule has 0 aromatic carbocycles. The van der Waals surface area contributed by atoms with Crippen LogP contribution in [-0.2, 0) is 11.8 Å². The van der Waals surface area contributed by atoms with E-state index in [1.165, 1.54) is 12.8 Å². The fourth-order valence-corrected chi connectivity index (χ4v) is 4.01. The van der Waals surface area contributed by atoms with E-state index in [-0.39, 0.29) is 5.91 Å². The number of hydrogen-bond acceptors (Lipinski definition) is 5. The molecular formula is C17H25N3O4. The van der Waals surface area contributed by atoms with Gasteiger partial charge in [-0.3, -0.25) is 9.48 Å². The predicted molar refractivity (Wildman–Crippen MR) is 85.6 cm³/mol. The van der Waals surface area contributed by atoms with Crippen molar-refractivity contribution in [2.24, 2.45) is 7.05 Å². The molecule has 4 rings (SSSR count). The number of aliphatic hydroxyl groups excluding tert-OH is 2. The largest absolute Gasteiger partial charge is 0.390 e. The Labute approximate surface area is 141 Å². The fraction of sp³-hybridized carbons (Fsp3) is 0.765. The minimum absolute atomic E-state index is 0.0572. The lowest BCUT2D eigenvalue weighted by atomic mass is 9.80. The zero-order chi connectivity index (χ0) is 16.9. The SMILES string of the molecule is Cn1nc(C(=O)N2CCC3(CC2)OCC[C@H](O)[C@@H]3O)cc1C1CC1. The summed E-state index contributed by atoms with van der Waals surface area (Å²) in [7, 11) is 1.89. The van der Waals surface area contributed by atoms with Crippen LogP contribution in [-0.4, -0.2) is 68.3 Å². The number of carbonyl (C=O) groups excluding carboxylic acids is 1. The van der Waals surface area contributed by atoms with Gasteiger partial charge in [0.15, 0.2) is 5.69 Å². The van der Waals surface area contributed by atoms with Crippen molar-refractivity contribution >= 4 is 5.91 Å². The molecule has 1 aromatic heterocycles. The van der Waals surface area contributed by atoms with Gasteiger partial charge in [-0.2, -0.15) is 5.10 Å². The van der Waals surface area contributed by atoms with Crippen LogP contribution in [0.5, 0.6) is 0 Å². The van der Waals surface area contributed by atoms with Gasteiger partial charge in [-0.05, 0) is 38.2 Å². The van der Waals surface area contributed by atoms with Gasteiger partial charge >= 0.3 is 0 Å². The quantitative estimate of drug-likeness (QED) is 0.818. The maximum Gasteiger partial charge on any atom is 0.274 e. The number of likely N-dealkylation sites (tertiary alicyclic amines) is 1. The number of piperidine rings is 1. The molecule has 3 fully saturated rings. The molecule has 3 aliphatic rings. The molecule has 1 saturated carbocycles. The first-order valence-electron chi connectivity index (χ1n) is 8.83. The Hall–Kier alpha value is -1.44. The molecule has 7 nitrogen and oxygen atoms in total. The zero-order valence-electron chi connectivity index (χ0n) is 14.0. The van der Waals surface area contributed by atoms with Gasteiger partial charge in [0.2, 0.25) is 0 Å². The van der Waals surface area contributed by atoms with Crippen LogP contribution in [0.25, 0.3) is 0 Å². The van der Waals surface area contributed by atoms with E-state index in [1.807, 2.05) is 17.8 Å². The molecule has 3 heterocycles. The second-order valence-corrected chi connectivity index (χ2v) is 7.36. The normalized spacial score (nSPS) is 29.9. The number of aromatic nitrogens is 2. The molecule has 1 aromatic rings. The Bertz CT molecular complexity index is 632. The molecule has 1 amide bonds. The van der Waals surface area contributed by atoms with Gasteiger partial charge < -0.3 is 19.8 Å². The van der Waals surface area contributed by atoms with Crippen molar-refractivity contribution in [2.75, 3.05) is 19.7 Å². The van der Waals surface area contributed by atoms with Crippen molar-refractivity contribution < 1.29 is 19.7 Å². The highest BCUT2D eigenvalue weighted by atomic mass is 16.5. The molecule has 2 saturated heterocycles. The van der Waals surface area contributed by atoms with Crippen LogP contribution in [0.3, 0.4) is 0 Å². The van der Waals surface area contributed by atoms with E-state index in [0.717, 1.165) is 5.69 Å². The van der Waals surface area contributed by atoms with E-state index in [4.69, 9.17) is 4.74 Å². The monoisotopic (exact) mass is 335 g/mol. The predicted octanol–water partition coefficient (Wildman–Crippen LogP) is 0.414. The van der Waals surface area contributed by atoms with Gasteiger partial charge in [0.05, 0.1) is 18.3 Å². The number of carbonyl (C=O) groups is 1. The summed E-state index contributed by atoms with van der Waals surface area (Å²) < 4.78 is 7.64. The molecule has 0 unspecified atom stereocenters. The van der Waals surface area contributed by atoms with Crippen molar-refractivity contribution in [3.63, 3.8) is 0 Å². The van der Waals surface area contributed by atoms with Crippen LogP contribution in [0.1, 0.15) is 54.2 Å². The van der Waals surface area contributed by atoms with Gasteiger partial charge in [-0.1, -0.05) is 0 Å². The smallest absolute Gasteiger partial charge is 0.274 e. The standard InChI is InChI=1S/C17H25N3O4/c1-19-13(11-2-3-11)10-12(18-19)16(23)20-7-5-17(6-8-20)15(22)14(21)4-9-24-17/h10-11,14-15,21-22H,2-9H2,1H3/t14-,15-/m0/s1. The lowest BCUT2D eigenvalue weighted by Gasteiger charge is -2.48. The molecular weight excluding hydrogens is 310 g/mol. The van der Waals surface area contributed by atoms with Gasteiger partial charge in [-0.15, -0.1) is 0 Å². The maximum absolute atomic E-state index is 12.7. The minimum atomic E-state index is -0.875. The summed E-state index contributed by atoms with van der Waals surface area (Å²) in [5.41, 5.74) is 0.930. The molecule has 2 N–H and O–H groups in total. The molecule has 132 valence electrons. The summed E-state index contributed by atoms with van der Waals surface area (Å²) in [6.45, 7) is 1.48. The Morgan fingerprint density at radius 1 is 1.29 bits per heavy atom. The van der Waals surface area contributed by atoms with E-state index in [2.05, 4.69) is 5.10 Å². The van der Waals surface area contributed by atoms with Crippen LogP contribution in [0.15, 0.2) is 6.07 Å². The molecule has 1 aliphatic carbocycles. The number of nitrogens with zero attached hydrogens (tertiary/aromatic N) is 3. The maximum atomic E-state index is 12.7. The molecule has 0 radical (unpaired) electrons. The Kier molecular flexibility index (Phi) is 3.89. The summed E-state index contributed by atoms with van der Waals surface area (Å²) in [6, 6.07) is 1.92. The molecule has 24 heavy (non-hydrogen) atoms. The third-order valence-electron chi connectivity index (χ3n) is 5.73. The van der Waals surface area contributed by atoms with Crippen LogP contribution in [0, 0.1) is 0 Å². The van der Waals surface area contributed by atoms with Crippen molar-refractivity contribution in [1.82, 2.24) is 14.7 Å². The Morgan fingerprint density at radius 2 is 2.00 bits per heavy atom. The van der Waals surface area contributed by atoms with Crippen LogP contribution >= 0.6 is 0 Å². The minimum Gasteiger partial charge on any atom is -0.390 e. The van der Waals surface area contributed by atoms with Crippen LogP contribution < -0.4 is 0 Å². The highest BCUT2D eigenvalue weighted by Crippen LogP contribution is 2.40. The van der Waals surface area contributed by atoms with E-state index in [9.17, 15) is 15.0 Å². The van der Waals surface area contributed by atoms with Gasteiger partial charge in [0, 0.05) is 31.7 Å². The van der Waals surface area contributed by atoms with E-state index in [1.54, 1.807) is 4.90 Å². The highest BCUT2D eigenvalue weighted by Gasteiger charge is 2.48. The van der Waals surface area contributed by atoms with Crippen molar-refractivity contribution in [2.45, 2.75) is 55.8 Å². The first kappa shape index (κ1) is 16.1. The van der Waals surface area contributed by atoms with E-state index in [0.29, 0.717) is 50.6 Å². The Morgan fingerprint density at radius 3 is 2.67 bits per heavy atom. The third kappa shape index (κ3) is 2.64. The van der Waals surface area contributed by atoms with Crippen LogP contribution in [0.4, 0.5) is 0 Å². The number of amides is 1. The molecule has 7 heteroatoms. The zero-order valence-corrected chi connectivity index (χ0v) is 14.0. The molecule has 1 spiro atoms. The molecule has 2 aliphatic heterocycles. The number of hydrogen-bond donors (Lipinski definition) is 2. The second kappa shape index (κ2) is 5.82. The van der Waals surface area contributed by atoms with E-state index >= 15 is 0 Å². The highest BCUT2D eigenvalue weighted by molar-refractivity contribution is 5.92. The lowest BCUT2D eigenvalue weighted by molar-refractivity contribution is -0.212. The number of aliphatic hydroxyl groups is 2. The number of ether oxygens (including phenoxy) is 1. The summed E-state index contributed by atoms with van der Waals surface area (Å²) in [5.74, 6) is 0.499. The van der Waals surface area contributed by atoms with Gasteiger partial charge in [0.1, 0.15) is 6.10 Å². The average molecular weight is 335 g/mol. The first-order valence-corrected chi connectivity index (χ1v) is 8.83. The van der Waals surface area contributed by atoms with E-state index < -0.39 is 17.8 Å². The molecule has 2 atom stereocenters. The number of rotatable bonds is 2. The van der Waals surface area contributed by atoms with Gasteiger partial charge in [0.25, 0.3) is 5.91 Å². The lowest BCUT2D eigenvalue weighted by Crippen LogP contribution is -2.60. The molecule has 0 bridgehead atoms.